The maximum atomic E-state index is 13.9. The van der Waals surface area contributed by atoms with Crippen LogP contribution in [0.4, 0.5) is 10.1 Å². The lowest BCUT2D eigenvalue weighted by atomic mass is 10.1. The van der Waals surface area contributed by atoms with Gasteiger partial charge in [-0.25, -0.2) is 13.9 Å². The van der Waals surface area contributed by atoms with E-state index in [1.165, 1.54) is 16.8 Å². The van der Waals surface area contributed by atoms with Crippen molar-refractivity contribution in [3.05, 3.63) is 95.4 Å². The molecule has 0 atom stereocenters. The first-order valence-corrected chi connectivity index (χ1v) is 11.1. The minimum absolute atomic E-state index is 0.0791. The summed E-state index contributed by atoms with van der Waals surface area (Å²) in [6, 6.07) is 21.2. The van der Waals surface area contributed by atoms with Crippen LogP contribution < -0.4 is 10.1 Å². The van der Waals surface area contributed by atoms with Crippen molar-refractivity contribution in [2.24, 2.45) is 0 Å². The number of hydrogen-bond donors (Lipinski definition) is 1. The second-order valence-electron chi connectivity index (χ2n) is 7.40. The maximum absolute atomic E-state index is 13.9. The topological polar surface area (TPSA) is 82.5 Å². The lowest BCUT2D eigenvalue weighted by molar-refractivity contribution is -0.118. The molecule has 0 bridgehead atoms. The Morgan fingerprint density at radius 3 is 2.60 bits per heavy atom. The van der Waals surface area contributed by atoms with Crippen molar-refractivity contribution in [2.75, 3.05) is 18.5 Å². The van der Waals surface area contributed by atoms with Crippen molar-refractivity contribution in [1.29, 1.82) is 0 Å². The van der Waals surface area contributed by atoms with Crippen molar-refractivity contribution in [3.63, 3.8) is 0 Å². The van der Waals surface area contributed by atoms with Gasteiger partial charge in [-0.05, 0) is 61.5 Å². The minimum atomic E-state index is -0.591. The zero-order chi connectivity index (χ0) is 24.8. The predicted octanol–water partition coefficient (Wildman–Crippen LogP) is 5.53. The highest BCUT2D eigenvalue weighted by Gasteiger charge is 2.18. The molecule has 9 heteroatoms. The number of hydrogen-bond acceptors (Lipinski definition) is 5. The van der Waals surface area contributed by atoms with Crippen LogP contribution in [0.25, 0.3) is 16.9 Å². The predicted molar refractivity (Wildman–Crippen MR) is 130 cm³/mol. The standard InChI is InChI=1S/C26H21ClFN3O4/c1-2-34-26(33)23-15-24(31(30-23)21-10-5-8-19(28)14-21)17-6-3-9-20(12-17)29-25(32)16-35-22-11-4-7-18(27)13-22/h3-15H,2,16H2,1H3,(H,29,32). The van der Waals surface area contributed by atoms with Gasteiger partial charge in [0.05, 0.1) is 18.0 Å². The number of aromatic nitrogens is 2. The molecule has 35 heavy (non-hydrogen) atoms. The number of carbonyl (C=O) groups is 2. The van der Waals surface area contributed by atoms with Gasteiger partial charge in [-0.2, -0.15) is 5.10 Å². The van der Waals surface area contributed by atoms with Crippen LogP contribution in [-0.2, 0) is 9.53 Å². The van der Waals surface area contributed by atoms with Crippen molar-refractivity contribution in [1.82, 2.24) is 9.78 Å². The number of nitrogens with one attached hydrogen (secondary N) is 1. The van der Waals surface area contributed by atoms with Gasteiger partial charge in [0.1, 0.15) is 11.6 Å². The molecule has 1 N–H and O–H groups in total. The third kappa shape index (κ3) is 6.04. The molecule has 178 valence electrons. The molecule has 1 heterocycles. The first-order chi connectivity index (χ1) is 16.9. The Labute approximate surface area is 206 Å². The molecule has 7 nitrogen and oxygen atoms in total. The lowest BCUT2D eigenvalue weighted by Gasteiger charge is -2.11. The fourth-order valence-corrected chi connectivity index (χ4v) is 3.54. The molecule has 0 saturated heterocycles. The summed E-state index contributed by atoms with van der Waals surface area (Å²) in [6.07, 6.45) is 0. The minimum Gasteiger partial charge on any atom is -0.484 e. The number of amides is 1. The number of rotatable bonds is 8. The Morgan fingerprint density at radius 1 is 1.03 bits per heavy atom. The molecule has 0 aliphatic rings. The first kappa shape index (κ1) is 24.0. The number of ether oxygens (including phenoxy) is 2. The Bertz CT molecular complexity index is 1370. The Hall–Kier alpha value is -4.17. The van der Waals surface area contributed by atoms with Crippen LogP contribution >= 0.6 is 11.6 Å². The fourth-order valence-electron chi connectivity index (χ4n) is 3.36. The fraction of sp³-hybridized carbons (Fsp3) is 0.115. The van der Waals surface area contributed by atoms with Crippen LogP contribution in [0.2, 0.25) is 5.02 Å². The normalized spacial score (nSPS) is 10.6. The lowest BCUT2D eigenvalue weighted by Crippen LogP contribution is -2.20. The zero-order valence-corrected chi connectivity index (χ0v) is 19.5. The van der Waals surface area contributed by atoms with Gasteiger partial charge in [0.2, 0.25) is 0 Å². The average molecular weight is 494 g/mol. The van der Waals surface area contributed by atoms with Gasteiger partial charge in [0, 0.05) is 16.3 Å². The van der Waals surface area contributed by atoms with Crippen molar-refractivity contribution in [2.45, 2.75) is 6.92 Å². The Morgan fingerprint density at radius 2 is 1.83 bits per heavy atom. The van der Waals surface area contributed by atoms with Crippen LogP contribution in [0.5, 0.6) is 5.75 Å². The second kappa shape index (κ2) is 10.8. The number of halogens is 2. The van der Waals surface area contributed by atoms with E-state index in [0.29, 0.717) is 33.4 Å². The number of nitrogens with zero attached hydrogens (tertiary/aromatic N) is 2. The summed E-state index contributed by atoms with van der Waals surface area (Å²) in [4.78, 5) is 24.7. The third-order valence-corrected chi connectivity index (χ3v) is 5.09. The van der Waals surface area contributed by atoms with E-state index >= 15 is 0 Å². The monoisotopic (exact) mass is 493 g/mol. The van der Waals surface area contributed by atoms with Crippen molar-refractivity contribution < 1.29 is 23.5 Å². The van der Waals surface area contributed by atoms with E-state index in [9.17, 15) is 14.0 Å². The summed E-state index contributed by atoms with van der Waals surface area (Å²) in [5, 5.41) is 7.62. The third-order valence-electron chi connectivity index (χ3n) is 4.85. The molecule has 3 aromatic carbocycles. The number of anilines is 1. The van der Waals surface area contributed by atoms with Crippen LogP contribution in [0.15, 0.2) is 78.9 Å². The van der Waals surface area contributed by atoms with Crippen LogP contribution in [0.1, 0.15) is 17.4 Å². The number of esters is 1. The number of carbonyl (C=O) groups excluding carboxylic acids is 2. The molecule has 0 aliphatic carbocycles. The van der Waals surface area contributed by atoms with E-state index in [0.717, 1.165) is 0 Å². The Kier molecular flexibility index (Phi) is 7.42. The summed E-state index contributed by atoms with van der Waals surface area (Å²) in [5.74, 6) is -0.922. The van der Waals surface area contributed by atoms with Gasteiger partial charge in [0.15, 0.2) is 12.3 Å². The van der Waals surface area contributed by atoms with Gasteiger partial charge in [-0.1, -0.05) is 35.9 Å². The van der Waals surface area contributed by atoms with Crippen LogP contribution in [0, 0.1) is 5.82 Å². The van der Waals surface area contributed by atoms with Gasteiger partial charge in [-0.3, -0.25) is 4.79 Å². The summed E-state index contributed by atoms with van der Waals surface area (Å²) in [7, 11) is 0. The highest BCUT2D eigenvalue weighted by molar-refractivity contribution is 6.30. The van der Waals surface area contributed by atoms with Gasteiger partial charge >= 0.3 is 5.97 Å². The van der Waals surface area contributed by atoms with E-state index in [-0.39, 0.29) is 24.8 Å². The molecule has 4 rings (SSSR count). The van der Waals surface area contributed by atoms with Gasteiger partial charge < -0.3 is 14.8 Å². The second-order valence-corrected chi connectivity index (χ2v) is 7.84. The van der Waals surface area contributed by atoms with E-state index in [1.54, 1.807) is 73.7 Å². The quantitative estimate of drug-likeness (QED) is 0.326. The van der Waals surface area contributed by atoms with Crippen LogP contribution in [-0.4, -0.2) is 34.9 Å². The summed E-state index contributed by atoms with van der Waals surface area (Å²) in [5.41, 5.74) is 2.18. The summed E-state index contributed by atoms with van der Waals surface area (Å²) in [6.45, 7) is 1.68. The van der Waals surface area contributed by atoms with E-state index < -0.39 is 11.8 Å². The van der Waals surface area contributed by atoms with Crippen LogP contribution in [0.3, 0.4) is 0 Å². The molecule has 1 aromatic heterocycles. The molecule has 0 fully saturated rings. The molecule has 0 unspecified atom stereocenters. The number of benzene rings is 3. The van der Waals surface area contributed by atoms with Crippen molar-refractivity contribution >= 4 is 29.2 Å². The highest BCUT2D eigenvalue weighted by atomic mass is 35.5. The van der Waals surface area contributed by atoms with Gasteiger partial charge in [0.25, 0.3) is 5.91 Å². The molecule has 0 aliphatic heterocycles. The summed E-state index contributed by atoms with van der Waals surface area (Å²) >= 11 is 5.93. The summed E-state index contributed by atoms with van der Waals surface area (Å²) < 4.78 is 25.9. The van der Waals surface area contributed by atoms with Gasteiger partial charge in [-0.15, -0.1) is 0 Å². The molecule has 0 radical (unpaired) electrons. The molecule has 4 aromatic rings. The molecule has 0 saturated carbocycles. The highest BCUT2D eigenvalue weighted by Crippen LogP contribution is 2.27. The van der Waals surface area contributed by atoms with E-state index in [1.807, 2.05) is 0 Å². The Balaban J connectivity index is 1.59. The van der Waals surface area contributed by atoms with E-state index in [4.69, 9.17) is 21.1 Å². The van der Waals surface area contributed by atoms with Crippen molar-refractivity contribution in [3.8, 4) is 22.7 Å². The molecular formula is C26H21ClFN3O4. The molecule has 1 amide bonds. The smallest absolute Gasteiger partial charge is 0.358 e. The maximum Gasteiger partial charge on any atom is 0.358 e. The SMILES string of the molecule is CCOC(=O)c1cc(-c2cccc(NC(=O)COc3cccc(Cl)c3)c2)n(-c2cccc(F)c2)n1. The largest absolute Gasteiger partial charge is 0.484 e. The molecule has 0 spiro atoms. The average Bonchev–Trinajstić information content (AvgIpc) is 3.29. The first-order valence-electron chi connectivity index (χ1n) is 10.7. The zero-order valence-electron chi connectivity index (χ0n) is 18.7. The van der Waals surface area contributed by atoms with E-state index in [2.05, 4.69) is 10.4 Å². The molecular weight excluding hydrogens is 473 g/mol.